The maximum absolute atomic E-state index is 3.48. The van der Waals surface area contributed by atoms with Crippen molar-refractivity contribution >= 4 is 0 Å². The molecule has 1 saturated carbocycles. The Labute approximate surface area is 89.1 Å². The molecule has 2 heteroatoms. The number of nitrogens with zero attached hydrogens (tertiary/aromatic N) is 1. The Hall–Kier alpha value is -0.0800. The molecule has 0 aromatic carbocycles. The van der Waals surface area contributed by atoms with Crippen LogP contribution < -0.4 is 5.32 Å². The van der Waals surface area contributed by atoms with Crippen LogP contribution in [0.3, 0.4) is 0 Å². The second kappa shape index (κ2) is 7.24. The fourth-order valence-corrected chi connectivity index (χ4v) is 1.90. The van der Waals surface area contributed by atoms with Crippen LogP contribution in [0.1, 0.15) is 39.0 Å². The molecule has 0 amide bonds. The average molecular weight is 198 g/mol. The first kappa shape index (κ1) is 12.0. The Bertz CT molecular complexity index is 132. The lowest BCUT2D eigenvalue weighted by Gasteiger charge is -2.30. The molecule has 0 saturated heterocycles. The highest BCUT2D eigenvalue weighted by atomic mass is 15.1. The third-order valence-corrected chi connectivity index (χ3v) is 3.17. The van der Waals surface area contributed by atoms with Crippen LogP contribution in [0.4, 0.5) is 0 Å². The van der Waals surface area contributed by atoms with Crippen molar-refractivity contribution in [2.75, 3.05) is 33.2 Å². The van der Waals surface area contributed by atoms with Crippen LogP contribution in [-0.4, -0.2) is 38.1 Å². The minimum absolute atomic E-state index is 1.01. The molecule has 0 aromatic heterocycles. The Morgan fingerprint density at radius 1 is 1.29 bits per heavy atom. The van der Waals surface area contributed by atoms with Crippen LogP contribution in [0, 0.1) is 5.92 Å². The van der Waals surface area contributed by atoms with Crippen molar-refractivity contribution in [2.24, 2.45) is 5.92 Å². The molecule has 0 bridgehead atoms. The van der Waals surface area contributed by atoms with Crippen molar-refractivity contribution in [3.63, 3.8) is 0 Å². The van der Waals surface area contributed by atoms with Gasteiger partial charge in [-0.2, -0.15) is 0 Å². The van der Waals surface area contributed by atoms with Gasteiger partial charge >= 0.3 is 0 Å². The fourth-order valence-electron chi connectivity index (χ4n) is 1.90. The third-order valence-electron chi connectivity index (χ3n) is 3.17. The number of hydrogen-bond acceptors (Lipinski definition) is 2. The zero-order chi connectivity index (χ0) is 10.2. The van der Waals surface area contributed by atoms with E-state index in [0.29, 0.717) is 0 Å². The maximum Gasteiger partial charge on any atom is 0.0104 e. The summed E-state index contributed by atoms with van der Waals surface area (Å²) in [4.78, 5) is 2.47. The highest BCUT2D eigenvalue weighted by molar-refractivity contribution is 4.72. The number of likely N-dealkylation sites (N-methyl/N-ethyl adjacent to an activating group) is 1. The summed E-state index contributed by atoms with van der Waals surface area (Å²) in [5.74, 6) is 1.01. The second-order valence-electron chi connectivity index (χ2n) is 4.66. The summed E-state index contributed by atoms with van der Waals surface area (Å²) in [5, 5.41) is 3.48. The summed E-state index contributed by atoms with van der Waals surface area (Å²) in [6.45, 7) is 7.11. The van der Waals surface area contributed by atoms with Crippen LogP contribution in [0.5, 0.6) is 0 Å². The largest absolute Gasteiger partial charge is 0.315 e. The lowest BCUT2D eigenvalue weighted by atomic mass is 9.85. The van der Waals surface area contributed by atoms with Crippen LogP contribution in [-0.2, 0) is 0 Å². The first-order chi connectivity index (χ1) is 6.83. The van der Waals surface area contributed by atoms with Gasteiger partial charge in [0.15, 0.2) is 0 Å². The first-order valence-corrected chi connectivity index (χ1v) is 6.22. The third kappa shape index (κ3) is 4.97. The van der Waals surface area contributed by atoms with Crippen molar-refractivity contribution in [3.05, 3.63) is 0 Å². The summed E-state index contributed by atoms with van der Waals surface area (Å²) in [7, 11) is 2.25. The standard InChI is InChI=1S/C12H26N2/c1-3-4-8-13-9-10-14(2)11-12-6-5-7-12/h12-13H,3-11H2,1-2H3. The smallest absolute Gasteiger partial charge is 0.0104 e. The lowest BCUT2D eigenvalue weighted by molar-refractivity contribution is 0.206. The van der Waals surface area contributed by atoms with Crippen LogP contribution in [0.2, 0.25) is 0 Å². The lowest BCUT2D eigenvalue weighted by Crippen LogP contribution is -2.34. The monoisotopic (exact) mass is 198 g/mol. The van der Waals surface area contributed by atoms with Gasteiger partial charge in [-0.15, -0.1) is 0 Å². The normalized spacial score (nSPS) is 17.4. The van der Waals surface area contributed by atoms with Gasteiger partial charge in [-0.3, -0.25) is 0 Å². The van der Waals surface area contributed by atoms with E-state index in [2.05, 4.69) is 24.2 Å². The zero-order valence-electron chi connectivity index (χ0n) is 9.89. The average Bonchev–Trinajstić information content (AvgIpc) is 2.11. The molecule has 14 heavy (non-hydrogen) atoms. The molecule has 2 nitrogen and oxygen atoms in total. The Kier molecular flexibility index (Phi) is 6.20. The molecule has 0 aromatic rings. The van der Waals surface area contributed by atoms with Crippen LogP contribution in [0.15, 0.2) is 0 Å². The van der Waals surface area contributed by atoms with Gasteiger partial charge in [0, 0.05) is 19.6 Å². The van der Waals surface area contributed by atoms with Crippen molar-refractivity contribution < 1.29 is 0 Å². The van der Waals surface area contributed by atoms with E-state index in [-0.39, 0.29) is 0 Å². The highest BCUT2D eigenvalue weighted by Crippen LogP contribution is 2.26. The highest BCUT2D eigenvalue weighted by Gasteiger charge is 2.18. The molecule has 0 atom stereocenters. The summed E-state index contributed by atoms with van der Waals surface area (Å²) >= 11 is 0. The molecule has 84 valence electrons. The summed E-state index contributed by atoms with van der Waals surface area (Å²) in [5.41, 5.74) is 0. The summed E-state index contributed by atoms with van der Waals surface area (Å²) in [6, 6.07) is 0. The topological polar surface area (TPSA) is 15.3 Å². The molecule has 1 fully saturated rings. The van der Waals surface area contributed by atoms with Crippen LogP contribution >= 0.6 is 0 Å². The Morgan fingerprint density at radius 3 is 2.64 bits per heavy atom. The van der Waals surface area contributed by atoms with E-state index in [0.717, 1.165) is 12.5 Å². The van der Waals surface area contributed by atoms with E-state index in [1.54, 1.807) is 0 Å². The van der Waals surface area contributed by atoms with E-state index in [9.17, 15) is 0 Å². The summed E-state index contributed by atoms with van der Waals surface area (Å²) in [6.07, 6.45) is 7.01. The second-order valence-corrected chi connectivity index (χ2v) is 4.66. The number of nitrogens with one attached hydrogen (secondary N) is 1. The molecule has 0 unspecified atom stereocenters. The van der Waals surface area contributed by atoms with Gasteiger partial charge in [-0.25, -0.2) is 0 Å². The molecule has 0 spiro atoms. The van der Waals surface area contributed by atoms with Crippen molar-refractivity contribution in [1.29, 1.82) is 0 Å². The van der Waals surface area contributed by atoms with Crippen molar-refractivity contribution in [1.82, 2.24) is 10.2 Å². The maximum atomic E-state index is 3.48. The molecule has 1 N–H and O–H groups in total. The molecular weight excluding hydrogens is 172 g/mol. The van der Waals surface area contributed by atoms with Gasteiger partial charge in [0.05, 0.1) is 0 Å². The van der Waals surface area contributed by atoms with E-state index >= 15 is 0 Å². The predicted molar refractivity (Wildman–Crippen MR) is 62.6 cm³/mol. The quantitative estimate of drug-likeness (QED) is 0.601. The van der Waals surface area contributed by atoms with E-state index in [1.165, 1.54) is 51.7 Å². The van der Waals surface area contributed by atoms with E-state index in [4.69, 9.17) is 0 Å². The van der Waals surface area contributed by atoms with Crippen molar-refractivity contribution in [2.45, 2.75) is 39.0 Å². The molecule has 0 radical (unpaired) electrons. The SMILES string of the molecule is CCCCNCCN(C)CC1CCC1. The molecule has 1 aliphatic carbocycles. The molecule has 0 aliphatic heterocycles. The van der Waals surface area contributed by atoms with Gasteiger partial charge in [0.1, 0.15) is 0 Å². The minimum Gasteiger partial charge on any atom is -0.315 e. The van der Waals surface area contributed by atoms with Gasteiger partial charge in [0.2, 0.25) is 0 Å². The van der Waals surface area contributed by atoms with Crippen LogP contribution in [0.25, 0.3) is 0 Å². The van der Waals surface area contributed by atoms with Crippen molar-refractivity contribution in [3.8, 4) is 0 Å². The molecule has 1 rings (SSSR count). The van der Waals surface area contributed by atoms with Gasteiger partial charge < -0.3 is 10.2 Å². The Morgan fingerprint density at radius 2 is 2.07 bits per heavy atom. The van der Waals surface area contributed by atoms with E-state index < -0.39 is 0 Å². The molecular formula is C12H26N2. The fraction of sp³-hybridized carbons (Fsp3) is 1.00. The first-order valence-electron chi connectivity index (χ1n) is 6.22. The number of hydrogen-bond donors (Lipinski definition) is 1. The minimum atomic E-state index is 1.01. The van der Waals surface area contributed by atoms with Gasteiger partial charge in [-0.05, 0) is 38.8 Å². The molecule has 0 heterocycles. The number of unbranched alkanes of at least 4 members (excludes halogenated alkanes) is 1. The zero-order valence-corrected chi connectivity index (χ0v) is 9.89. The predicted octanol–water partition coefficient (Wildman–Crippen LogP) is 2.11. The van der Waals surface area contributed by atoms with E-state index in [1.807, 2.05) is 0 Å². The Balaban J connectivity index is 1.84. The molecule has 1 aliphatic rings. The summed E-state index contributed by atoms with van der Waals surface area (Å²) < 4.78 is 0. The number of rotatable bonds is 8. The van der Waals surface area contributed by atoms with Gasteiger partial charge in [0.25, 0.3) is 0 Å². The van der Waals surface area contributed by atoms with Gasteiger partial charge in [-0.1, -0.05) is 19.8 Å².